The number of piperidine rings is 1. The molecule has 2 aliphatic rings. The van der Waals surface area contributed by atoms with E-state index in [-0.39, 0.29) is 11.8 Å². The number of hydrogen-bond donors (Lipinski definition) is 2. The number of para-hydroxylation sites is 1. The van der Waals surface area contributed by atoms with Crippen molar-refractivity contribution < 1.29 is 14.3 Å². The van der Waals surface area contributed by atoms with E-state index in [1.54, 1.807) is 30.5 Å². The first-order valence-electron chi connectivity index (χ1n) is 12.0. The molecule has 0 radical (unpaired) electrons. The van der Waals surface area contributed by atoms with Crippen molar-refractivity contribution in [2.24, 2.45) is 0 Å². The van der Waals surface area contributed by atoms with E-state index in [2.05, 4.69) is 27.5 Å². The largest absolute Gasteiger partial charge is 0.480 e. The number of aromatic nitrogens is 2. The second-order valence-electron chi connectivity index (χ2n) is 9.20. The van der Waals surface area contributed by atoms with Crippen LogP contribution < -0.4 is 10.1 Å². The number of likely N-dealkylation sites (tertiary alicyclic amines) is 1. The summed E-state index contributed by atoms with van der Waals surface area (Å²) >= 11 is 0. The highest BCUT2D eigenvalue weighted by atomic mass is 16.5. The van der Waals surface area contributed by atoms with E-state index in [1.807, 2.05) is 35.2 Å². The summed E-state index contributed by atoms with van der Waals surface area (Å²) in [5, 5.41) is 4.08. The van der Waals surface area contributed by atoms with Crippen LogP contribution in [-0.2, 0) is 11.2 Å². The van der Waals surface area contributed by atoms with Gasteiger partial charge in [0.1, 0.15) is 11.4 Å². The van der Waals surface area contributed by atoms with Crippen molar-refractivity contribution in [1.29, 1.82) is 0 Å². The van der Waals surface area contributed by atoms with Crippen molar-refractivity contribution in [1.82, 2.24) is 14.9 Å². The molecular weight excluding hydrogens is 440 g/mol. The Hall–Kier alpha value is -4.13. The molecule has 1 atom stereocenters. The fraction of sp³-hybridized carbons (Fsp3) is 0.250. The highest BCUT2D eigenvalue weighted by Gasteiger charge is 2.29. The van der Waals surface area contributed by atoms with E-state index < -0.39 is 6.10 Å². The summed E-state index contributed by atoms with van der Waals surface area (Å²) in [5.41, 5.74) is 4.39. The van der Waals surface area contributed by atoms with E-state index in [1.165, 1.54) is 5.56 Å². The van der Waals surface area contributed by atoms with E-state index >= 15 is 0 Å². The van der Waals surface area contributed by atoms with Gasteiger partial charge in [-0.1, -0.05) is 24.3 Å². The molecule has 7 nitrogen and oxygen atoms in total. The third kappa shape index (κ3) is 4.14. The zero-order valence-electron chi connectivity index (χ0n) is 19.2. The molecule has 1 fully saturated rings. The Morgan fingerprint density at radius 3 is 2.74 bits per heavy atom. The number of H-pyrrole nitrogens is 1. The summed E-state index contributed by atoms with van der Waals surface area (Å²) in [5.74, 6) is 0.937. The van der Waals surface area contributed by atoms with Crippen molar-refractivity contribution in [2.75, 3.05) is 18.4 Å². The number of amides is 2. The quantitative estimate of drug-likeness (QED) is 0.463. The van der Waals surface area contributed by atoms with Gasteiger partial charge in [-0.25, -0.2) is 4.98 Å². The topological polar surface area (TPSA) is 87.3 Å². The summed E-state index contributed by atoms with van der Waals surface area (Å²) in [6.45, 7) is 1.39. The number of carbonyl (C=O) groups excluding carboxylic acids is 2. The lowest BCUT2D eigenvalue weighted by atomic mass is 9.89. The second kappa shape index (κ2) is 8.91. The Morgan fingerprint density at radius 2 is 1.89 bits per heavy atom. The average molecular weight is 467 g/mol. The Kier molecular flexibility index (Phi) is 5.45. The van der Waals surface area contributed by atoms with Crippen LogP contribution >= 0.6 is 0 Å². The highest BCUT2D eigenvalue weighted by Crippen LogP contribution is 2.33. The highest BCUT2D eigenvalue weighted by molar-refractivity contribution is 5.98. The molecule has 6 rings (SSSR count). The first-order valence-corrected chi connectivity index (χ1v) is 12.0. The molecule has 2 aromatic heterocycles. The standard InChI is InChI=1S/C28H26N4O3/c33-27(25-16-19-5-1-2-9-24(19)35-25)31-21-7-3-6-20(15-21)28(34)32-13-10-18(11-14-32)23-17-30-26-22(23)8-4-12-29-26/h1-9,12,15,17-18,25H,10-11,13-14,16H2,(H,29,30)(H,31,33). The Bertz CT molecular complexity index is 1380. The van der Waals surface area contributed by atoms with Crippen LogP contribution in [0, 0.1) is 0 Å². The van der Waals surface area contributed by atoms with Gasteiger partial charge in [-0.2, -0.15) is 0 Å². The molecule has 2 amide bonds. The molecule has 1 saturated heterocycles. The smallest absolute Gasteiger partial charge is 0.265 e. The van der Waals surface area contributed by atoms with E-state index in [0.717, 1.165) is 35.2 Å². The molecule has 35 heavy (non-hydrogen) atoms. The number of fused-ring (bicyclic) bond motifs is 2. The summed E-state index contributed by atoms with van der Waals surface area (Å²) in [6.07, 6.45) is 5.64. The number of benzene rings is 2. The number of pyridine rings is 1. The third-order valence-electron chi connectivity index (χ3n) is 7.02. The number of hydrogen-bond acceptors (Lipinski definition) is 4. The summed E-state index contributed by atoms with van der Waals surface area (Å²) in [6, 6.07) is 18.9. The maximum atomic E-state index is 13.2. The minimum absolute atomic E-state index is 0.00957. The van der Waals surface area contributed by atoms with Crippen molar-refractivity contribution in [3.8, 4) is 5.75 Å². The first kappa shape index (κ1) is 21.4. The summed E-state index contributed by atoms with van der Waals surface area (Å²) in [4.78, 5) is 35.5. The second-order valence-corrected chi connectivity index (χ2v) is 9.20. The molecule has 1 unspecified atom stereocenters. The lowest BCUT2D eigenvalue weighted by Gasteiger charge is -2.32. The van der Waals surface area contributed by atoms with E-state index in [4.69, 9.17) is 4.74 Å². The van der Waals surface area contributed by atoms with Gasteiger partial charge in [0.15, 0.2) is 6.10 Å². The number of carbonyl (C=O) groups is 2. The fourth-order valence-electron chi connectivity index (χ4n) is 5.17. The maximum Gasteiger partial charge on any atom is 0.265 e. The number of ether oxygens (including phenoxy) is 1. The summed E-state index contributed by atoms with van der Waals surface area (Å²) < 4.78 is 5.79. The Labute approximate surface area is 203 Å². The van der Waals surface area contributed by atoms with Gasteiger partial charge in [-0.05, 0) is 66.3 Å². The molecule has 7 heteroatoms. The van der Waals surface area contributed by atoms with Crippen LogP contribution in [0.1, 0.15) is 40.2 Å². The molecule has 0 bridgehead atoms. The minimum atomic E-state index is -0.564. The number of nitrogens with one attached hydrogen (secondary N) is 2. The van der Waals surface area contributed by atoms with E-state index in [9.17, 15) is 9.59 Å². The minimum Gasteiger partial charge on any atom is -0.480 e. The fourth-order valence-corrected chi connectivity index (χ4v) is 5.17. The van der Waals surface area contributed by atoms with Crippen LogP contribution in [-0.4, -0.2) is 45.9 Å². The Morgan fingerprint density at radius 1 is 1.03 bits per heavy atom. The lowest BCUT2D eigenvalue weighted by molar-refractivity contribution is -0.122. The predicted molar refractivity (Wildman–Crippen MR) is 134 cm³/mol. The van der Waals surface area contributed by atoms with Crippen LogP contribution in [0.5, 0.6) is 5.75 Å². The number of nitrogens with zero attached hydrogens (tertiary/aromatic N) is 2. The van der Waals surface area contributed by atoms with Gasteiger partial charge in [0.05, 0.1) is 0 Å². The van der Waals surface area contributed by atoms with Gasteiger partial charge < -0.3 is 19.9 Å². The zero-order chi connectivity index (χ0) is 23.8. The van der Waals surface area contributed by atoms with Gasteiger partial charge in [0, 0.05) is 48.5 Å². The van der Waals surface area contributed by atoms with Gasteiger partial charge in [-0.3, -0.25) is 9.59 Å². The molecule has 0 aliphatic carbocycles. The predicted octanol–water partition coefficient (Wildman–Crippen LogP) is 4.52. The Balaban J connectivity index is 1.09. The SMILES string of the molecule is O=C(Nc1cccc(C(=O)N2CCC(c3c[nH]c4ncccc34)CC2)c1)C1Cc2ccccc2O1. The number of rotatable bonds is 4. The number of anilines is 1. The van der Waals surface area contributed by atoms with Gasteiger partial charge in [0.2, 0.25) is 0 Å². The van der Waals surface area contributed by atoms with Crippen LogP contribution in [0.2, 0.25) is 0 Å². The average Bonchev–Trinajstić information content (AvgIpc) is 3.53. The molecule has 2 N–H and O–H groups in total. The van der Waals surface area contributed by atoms with Crippen molar-refractivity contribution in [2.45, 2.75) is 31.3 Å². The van der Waals surface area contributed by atoms with Gasteiger partial charge >= 0.3 is 0 Å². The zero-order valence-corrected chi connectivity index (χ0v) is 19.2. The van der Waals surface area contributed by atoms with Gasteiger partial charge in [-0.15, -0.1) is 0 Å². The molecule has 4 aromatic rings. The summed E-state index contributed by atoms with van der Waals surface area (Å²) in [7, 11) is 0. The van der Waals surface area contributed by atoms with Crippen molar-refractivity contribution in [3.63, 3.8) is 0 Å². The molecule has 0 saturated carbocycles. The maximum absolute atomic E-state index is 13.2. The third-order valence-corrected chi connectivity index (χ3v) is 7.02. The lowest BCUT2D eigenvalue weighted by Crippen LogP contribution is -2.38. The van der Waals surface area contributed by atoms with Crippen LogP contribution in [0.3, 0.4) is 0 Å². The van der Waals surface area contributed by atoms with E-state index in [0.29, 0.717) is 36.7 Å². The van der Waals surface area contributed by atoms with Crippen LogP contribution in [0.15, 0.2) is 73.1 Å². The van der Waals surface area contributed by atoms with Crippen LogP contribution in [0.4, 0.5) is 5.69 Å². The molecular formula is C28H26N4O3. The van der Waals surface area contributed by atoms with Crippen LogP contribution in [0.25, 0.3) is 11.0 Å². The normalized spacial score (nSPS) is 17.7. The van der Waals surface area contributed by atoms with Crippen molar-refractivity contribution >= 4 is 28.5 Å². The molecule has 2 aromatic carbocycles. The molecule has 2 aliphatic heterocycles. The molecule has 0 spiro atoms. The monoisotopic (exact) mass is 466 g/mol. The number of aromatic amines is 1. The van der Waals surface area contributed by atoms with Crippen molar-refractivity contribution in [3.05, 3.63) is 89.7 Å². The van der Waals surface area contributed by atoms with Gasteiger partial charge in [0.25, 0.3) is 11.8 Å². The first-order chi connectivity index (χ1) is 17.2. The molecule has 4 heterocycles. The molecule has 176 valence electrons.